The zero-order valence-corrected chi connectivity index (χ0v) is 4.13. The molecular weight excluding hydrogens is 95.5 g/mol. The van der Waals surface area contributed by atoms with Crippen LogP contribution in [0.1, 0.15) is 12.8 Å². The second-order valence-corrected chi connectivity index (χ2v) is 2.60. The fourth-order valence-electron chi connectivity index (χ4n) is 0.743. The Morgan fingerprint density at radius 1 is 1.67 bits per heavy atom. The highest BCUT2D eigenvalue weighted by Gasteiger charge is 2.62. The summed E-state index contributed by atoms with van der Waals surface area (Å²) >= 11 is 5.63. The van der Waals surface area contributed by atoms with Gasteiger partial charge in [-0.3, -0.25) is 0 Å². The number of alkyl halides is 1. The van der Waals surface area contributed by atoms with Crippen LogP contribution in [0, 0.1) is 11.8 Å². The van der Waals surface area contributed by atoms with E-state index < -0.39 is 0 Å². The zero-order chi connectivity index (χ0) is 4.20. The molecule has 0 aromatic heterocycles. The Hall–Kier alpha value is 0.290. The molecule has 0 nitrogen and oxygen atoms in total. The van der Waals surface area contributed by atoms with E-state index in [1.807, 2.05) is 0 Å². The summed E-state index contributed by atoms with van der Waals surface area (Å²) in [4.78, 5) is 0. The Morgan fingerprint density at radius 2 is 2.17 bits per heavy atom. The SMILES string of the molecule is ClC1[C]C12CC2. The Morgan fingerprint density at radius 3 is 2.17 bits per heavy atom. The molecule has 32 valence electrons. The van der Waals surface area contributed by atoms with Gasteiger partial charge in [0.2, 0.25) is 0 Å². The molecule has 2 rings (SSSR count). The van der Waals surface area contributed by atoms with Crippen LogP contribution in [-0.4, -0.2) is 5.38 Å². The standard InChI is InChI=1S/C5H5Cl/c6-4-3-5(4)1-2-5/h4H,1-2H2. The van der Waals surface area contributed by atoms with Crippen molar-refractivity contribution in [2.75, 3.05) is 0 Å². The van der Waals surface area contributed by atoms with E-state index in [2.05, 4.69) is 6.42 Å². The normalized spacial score (nSPS) is 46.5. The second-order valence-electron chi connectivity index (χ2n) is 2.16. The fourth-order valence-corrected chi connectivity index (χ4v) is 1.18. The van der Waals surface area contributed by atoms with Crippen molar-refractivity contribution in [3.8, 4) is 0 Å². The Kier molecular flexibility index (Phi) is 0.356. The first-order valence-electron chi connectivity index (χ1n) is 2.25. The third-order valence-corrected chi connectivity index (χ3v) is 2.13. The van der Waals surface area contributed by atoms with Gasteiger partial charge in [0, 0.05) is 11.8 Å². The molecule has 0 saturated heterocycles. The van der Waals surface area contributed by atoms with E-state index in [9.17, 15) is 0 Å². The maximum absolute atomic E-state index is 5.63. The molecule has 2 fully saturated rings. The summed E-state index contributed by atoms with van der Waals surface area (Å²) in [6, 6.07) is 0. The lowest BCUT2D eigenvalue weighted by molar-refractivity contribution is 0.941. The highest BCUT2D eigenvalue weighted by Crippen LogP contribution is 2.67. The van der Waals surface area contributed by atoms with Crippen molar-refractivity contribution in [3.05, 3.63) is 6.42 Å². The molecule has 1 unspecified atom stereocenters. The number of hydrogen-bond donors (Lipinski definition) is 0. The maximum Gasteiger partial charge on any atom is 0.0473 e. The lowest BCUT2D eigenvalue weighted by Gasteiger charge is -1.68. The lowest BCUT2D eigenvalue weighted by Crippen LogP contribution is -1.67. The third-order valence-electron chi connectivity index (χ3n) is 1.60. The number of halogens is 1. The van der Waals surface area contributed by atoms with Gasteiger partial charge in [0.05, 0.1) is 0 Å². The highest BCUT2D eigenvalue weighted by molar-refractivity contribution is 6.25. The van der Waals surface area contributed by atoms with Crippen LogP contribution in [-0.2, 0) is 0 Å². The summed E-state index contributed by atoms with van der Waals surface area (Å²) in [6.07, 6.45) is 5.76. The van der Waals surface area contributed by atoms with Crippen molar-refractivity contribution in [1.29, 1.82) is 0 Å². The lowest BCUT2D eigenvalue weighted by atomic mass is 10.4. The van der Waals surface area contributed by atoms with Gasteiger partial charge in [-0.05, 0) is 18.3 Å². The topological polar surface area (TPSA) is 0 Å². The van der Waals surface area contributed by atoms with Crippen molar-refractivity contribution in [1.82, 2.24) is 0 Å². The van der Waals surface area contributed by atoms with Crippen LogP contribution in [0.15, 0.2) is 0 Å². The molecule has 0 N–H and O–H groups in total. The van der Waals surface area contributed by atoms with E-state index in [1.165, 1.54) is 12.8 Å². The van der Waals surface area contributed by atoms with Crippen LogP contribution in [0.3, 0.4) is 0 Å². The summed E-state index contributed by atoms with van der Waals surface area (Å²) in [7, 11) is 0. The number of hydrogen-bond acceptors (Lipinski definition) is 0. The Bertz CT molecular complexity index is 83.9. The minimum absolute atomic E-state index is 0.331. The summed E-state index contributed by atoms with van der Waals surface area (Å²) in [6.45, 7) is 0. The van der Waals surface area contributed by atoms with Crippen molar-refractivity contribution in [3.63, 3.8) is 0 Å². The molecule has 1 atom stereocenters. The van der Waals surface area contributed by atoms with Crippen LogP contribution >= 0.6 is 11.6 Å². The van der Waals surface area contributed by atoms with E-state index in [0.717, 1.165) is 0 Å². The summed E-state index contributed by atoms with van der Waals surface area (Å²) in [5.41, 5.74) is 0.474. The Labute approximate surface area is 42.5 Å². The number of rotatable bonds is 0. The molecule has 2 aliphatic rings. The van der Waals surface area contributed by atoms with Crippen LogP contribution in [0.4, 0.5) is 0 Å². The molecule has 2 saturated carbocycles. The quantitative estimate of drug-likeness (QED) is 0.405. The highest BCUT2D eigenvalue weighted by atomic mass is 35.5. The van der Waals surface area contributed by atoms with Gasteiger partial charge in [0.1, 0.15) is 0 Å². The van der Waals surface area contributed by atoms with Gasteiger partial charge < -0.3 is 0 Å². The first kappa shape index (κ1) is 3.31. The summed E-state index contributed by atoms with van der Waals surface area (Å²) in [5, 5.41) is 0.331. The van der Waals surface area contributed by atoms with Gasteiger partial charge in [-0.1, -0.05) is 0 Å². The molecule has 2 radical (unpaired) electrons. The average molecular weight is 101 g/mol. The molecule has 0 amide bonds. The van der Waals surface area contributed by atoms with Crippen molar-refractivity contribution in [2.24, 2.45) is 5.41 Å². The molecule has 0 aromatic rings. The molecule has 6 heavy (non-hydrogen) atoms. The van der Waals surface area contributed by atoms with Gasteiger partial charge in [-0.15, -0.1) is 11.6 Å². The third kappa shape index (κ3) is 0.227. The van der Waals surface area contributed by atoms with Crippen LogP contribution < -0.4 is 0 Å². The van der Waals surface area contributed by atoms with Crippen molar-refractivity contribution < 1.29 is 0 Å². The zero-order valence-electron chi connectivity index (χ0n) is 3.37. The molecule has 0 aromatic carbocycles. The molecule has 1 heteroatoms. The predicted molar refractivity (Wildman–Crippen MR) is 24.6 cm³/mol. The van der Waals surface area contributed by atoms with Gasteiger partial charge in [0.15, 0.2) is 0 Å². The largest absolute Gasteiger partial charge is 0.122 e. The van der Waals surface area contributed by atoms with Crippen molar-refractivity contribution >= 4 is 11.6 Å². The van der Waals surface area contributed by atoms with Crippen LogP contribution in [0.2, 0.25) is 0 Å². The smallest absolute Gasteiger partial charge is 0.0473 e. The monoisotopic (exact) mass is 100 g/mol. The molecule has 0 aliphatic heterocycles. The summed E-state index contributed by atoms with van der Waals surface area (Å²) < 4.78 is 0. The van der Waals surface area contributed by atoms with Gasteiger partial charge in [-0.25, -0.2) is 0 Å². The maximum atomic E-state index is 5.63. The Balaban J connectivity index is 2.17. The molecule has 1 spiro atoms. The molecule has 0 heterocycles. The van der Waals surface area contributed by atoms with E-state index in [-0.39, 0.29) is 0 Å². The van der Waals surface area contributed by atoms with Crippen LogP contribution in [0.5, 0.6) is 0 Å². The van der Waals surface area contributed by atoms with E-state index >= 15 is 0 Å². The van der Waals surface area contributed by atoms with E-state index in [4.69, 9.17) is 11.6 Å². The van der Waals surface area contributed by atoms with Crippen molar-refractivity contribution in [2.45, 2.75) is 18.2 Å². The minimum Gasteiger partial charge on any atom is -0.122 e. The van der Waals surface area contributed by atoms with Crippen LogP contribution in [0.25, 0.3) is 0 Å². The van der Waals surface area contributed by atoms with E-state index in [0.29, 0.717) is 10.8 Å². The first-order valence-corrected chi connectivity index (χ1v) is 2.69. The predicted octanol–water partition coefficient (Wildman–Crippen LogP) is 1.47. The first-order chi connectivity index (χ1) is 2.83. The fraction of sp³-hybridized carbons (Fsp3) is 0.800. The van der Waals surface area contributed by atoms with Gasteiger partial charge in [0.25, 0.3) is 0 Å². The molecule has 2 aliphatic carbocycles. The van der Waals surface area contributed by atoms with Gasteiger partial charge in [-0.2, -0.15) is 0 Å². The summed E-state index contributed by atoms with van der Waals surface area (Å²) in [5.74, 6) is 0. The van der Waals surface area contributed by atoms with Gasteiger partial charge >= 0.3 is 0 Å². The second kappa shape index (κ2) is 0.645. The average Bonchev–Trinajstić information content (AvgIpc) is 2.25. The van der Waals surface area contributed by atoms with E-state index in [1.54, 1.807) is 0 Å². The molecular formula is C5H5Cl. The molecule has 0 bridgehead atoms. The minimum atomic E-state index is 0.331.